The standard InChI is InChI=1S/C23H35FN4O5S/c1-14(2)33-22(29)28-9-5-6-19(27-34(4,30)31)20(28)13-32-17-7-8-23(15(3)18(23)10-17)21-25-11-16(24)12-26-21/h11-12,14-15,17-20,27H,5-10,13H2,1-4H3/t15?,17-,18?,19-,20-,23+/m0/s1. The Morgan fingerprint density at radius 1 is 1.32 bits per heavy atom. The average Bonchev–Trinajstić information content (AvgIpc) is 3.36. The van der Waals surface area contributed by atoms with Crippen LogP contribution in [0.1, 0.15) is 58.7 Å². The number of hydrogen-bond donors (Lipinski definition) is 1. The summed E-state index contributed by atoms with van der Waals surface area (Å²) in [6.45, 7) is 6.48. The van der Waals surface area contributed by atoms with E-state index in [1.54, 1.807) is 18.7 Å². The van der Waals surface area contributed by atoms with Crippen molar-refractivity contribution in [2.45, 2.75) is 82.6 Å². The van der Waals surface area contributed by atoms with Crippen molar-refractivity contribution in [2.24, 2.45) is 11.8 Å². The molecule has 1 saturated heterocycles. The Bertz CT molecular complexity index is 992. The minimum atomic E-state index is -3.45. The van der Waals surface area contributed by atoms with Crippen molar-refractivity contribution in [1.82, 2.24) is 19.6 Å². The van der Waals surface area contributed by atoms with Crippen molar-refractivity contribution in [2.75, 3.05) is 19.4 Å². The summed E-state index contributed by atoms with van der Waals surface area (Å²) in [4.78, 5) is 22.9. The minimum absolute atomic E-state index is 0.00713. The molecule has 2 unspecified atom stereocenters. The number of sulfonamides is 1. The molecular weight excluding hydrogens is 463 g/mol. The molecule has 9 nitrogen and oxygen atoms in total. The van der Waals surface area contributed by atoms with Crippen molar-refractivity contribution < 1.29 is 27.1 Å². The van der Waals surface area contributed by atoms with Crippen LogP contribution in [0.5, 0.6) is 0 Å². The monoisotopic (exact) mass is 498 g/mol. The molecule has 0 spiro atoms. The molecule has 1 amide bonds. The number of nitrogens with zero attached hydrogens (tertiary/aromatic N) is 3. The van der Waals surface area contributed by atoms with Gasteiger partial charge in [0.05, 0.1) is 43.5 Å². The molecule has 0 aromatic carbocycles. The number of carbonyl (C=O) groups is 1. The molecule has 0 bridgehead atoms. The Hall–Kier alpha value is -1.85. The quantitative estimate of drug-likeness (QED) is 0.615. The van der Waals surface area contributed by atoms with Gasteiger partial charge in [-0.3, -0.25) is 0 Å². The van der Waals surface area contributed by atoms with Crippen LogP contribution >= 0.6 is 0 Å². The van der Waals surface area contributed by atoms with Crippen molar-refractivity contribution in [3.05, 3.63) is 24.0 Å². The van der Waals surface area contributed by atoms with Gasteiger partial charge in [0.25, 0.3) is 0 Å². The van der Waals surface area contributed by atoms with Gasteiger partial charge in [-0.1, -0.05) is 6.92 Å². The summed E-state index contributed by atoms with van der Waals surface area (Å²) in [5.41, 5.74) is -0.119. The van der Waals surface area contributed by atoms with Gasteiger partial charge in [0.15, 0.2) is 5.82 Å². The Morgan fingerprint density at radius 3 is 2.65 bits per heavy atom. The molecule has 2 heterocycles. The largest absolute Gasteiger partial charge is 0.447 e. The van der Waals surface area contributed by atoms with Gasteiger partial charge in [-0.2, -0.15) is 0 Å². The van der Waals surface area contributed by atoms with Crippen molar-refractivity contribution in [1.29, 1.82) is 0 Å². The molecule has 3 aliphatic rings. The van der Waals surface area contributed by atoms with Crippen LogP contribution in [-0.4, -0.2) is 73.1 Å². The second-order valence-electron chi connectivity index (χ2n) is 10.2. The van der Waals surface area contributed by atoms with Crippen molar-refractivity contribution >= 4 is 16.1 Å². The van der Waals surface area contributed by atoms with Gasteiger partial charge in [-0.25, -0.2) is 32.3 Å². The number of carbonyl (C=O) groups excluding carboxylic acids is 1. The maximum absolute atomic E-state index is 13.3. The van der Waals surface area contributed by atoms with E-state index in [4.69, 9.17) is 9.47 Å². The molecule has 0 radical (unpaired) electrons. The first-order valence-corrected chi connectivity index (χ1v) is 13.9. The third kappa shape index (κ3) is 5.21. The highest BCUT2D eigenvalue weighted by molar-refractivity contribution is 7.88. The fraction of sp³-hybridized carbons (Fsp3) is 0.783. The van der Waals surface area contributed by atoms with Gasteiger partial charge in [0.1, 0.15) is 5.82 Å². The number of ether oxygens (including phenoxy) is 2. The topological polar surface area (TPSA) is 111 Å². The van der Waals surface area contributed by atoms with Gasteiger partial charge in [-0.15, -0.1) is 0 Å². The number of fused-ring (bicyclic) bond motifs is 1. The number of hydrogen-bond acceptors (Lipinski definition) is 7. The zero-order valence-corrected chi connectivity index (χ0v) is 21.1. The lowest BCUT2D eigenvalue weighted by molar-refractivity contribution is -0.0308. The molecule has 2 saturated carbocycles. The lowest BCUT2D eigenvalue weighted by Gasteiger charge is -2.41. The maximum Gasteiger partial charge on any atom is 0.410 e. The second-order valence-corrected chi connectivity index (χ2v) is 12.0. The molecule has 34 heavy (non-hydrogen) atoms. The molecular formula is C23H35FN4O5S. The van der Waals surface area contributed by atoms with Crippen LogP contribution in [-0.2, 0) is 24.9 Å². The van der Waals surface area contributed by atoms with E-state index in [0.717, 1.165) is 25.5 Å². The van der Waals surface area contributed by atoms with Crippen LogP contribution in [0.15, 0.2) is 12.4 Å². The van der Waals surface area contributed by atoms with Crippen molar-refractivity contribution in [3.8, 4) is 0 Å². The average molecular weight is 499 g/mol. The predicted molar refractivity (Wildman–Crippen MR) is 123 cm³/mol. The molecule has 1 aromatic rings. The highest BCUT2D eigenvalue weighted by atomic mass is 32.2. The lowest BCUT2D eigenvalue weighted by Crippen LogP contribution is -2.59. The first-order valence-electron chi connectivity index (χ1n) is 12.1. The second kappa shape index (κ2) is 9.66. The number of likely N-dealkylation sites (tertiary alicyclic amines) is 1. The molecule has 1 aliphatic heterocycles. The molecule has 1 N–H and O–H groups in total. The Kier molecular flexibility index (Phi) is 7.17. The van der Waals surface area contributed by atoms with Crippen LogP contribution in [0.25, 0.3) is 0 Å². The summed E-state index contributed by atoms with van der Waals surface area (Å²) in [6, 6.07) is -0.878. The van der Waals surface area contributed by atoms with E-state index in [1.807, 2.05) is 0 Å². The number of rotatable bonds is 7. The normalized spacial score (nSPS) is 33.5. The molecule has 4 rings (SSSR count). The van der Waals surface area contributed by atoms with Gasteiger partial charge in [-0.05, 0) is 57.8 Å². The summed E-state index contributed by atoms with van der Waals surface area (Å²) in [5, 5.41) is 0. The number of halogens is 1. The van der Waals surface area contributed by atoms with Crippen molar-refractivity contribution in [3.63, 3.8) is 0 Å². The van der Waals surface area contributed by atoms with E-state index in [-0.39, 0.29) is 24.2 Å². The van der Waals surface area contributed by atoms with E-state index < -0.39 is 34.0 Å². The lowest BCUT2D eigenvalue weighted by atomic mass is 9.85. The summed E-state index contributed by atoms with van der Waals surface area (Å²) >= 11 is 0. The zero-order valence-electron chi connectivity index (χ0n) is 20.2. The predicted octanol–water partition coefficient (Wildman–Crippen LogP) is 2.62. The molecule has 3 fully saturated rings. The molecule has 190 valence electrons. The van der Waals surface area contributed by atoms with Gasteiger partial charge < -0.3 is 14.4 Å². The van der Waals surface area contributed by atoms with E-state index >= 15 is 0 Å². The Morgan fingerprint density at radius 2 is 2.03 bits per heavy atom. The highest BCUT2D eigenvalue weighted by Gasteiger charge is 2.66. The van der Waals surface area contributed by atoms with E-state index in [9.17, 15) is 17.6 Å². The zero-order chi connectivity index (χ0) is 24.7. The number of piperidine rings is 1. The van der Waals surface area contributed by atoms with E-state index in [1.165, 1.54) is 12.4 Å². The van der Waals surface area contributed by atoms with Crippen LogP contribution in [0.4, 0.5) is 9.18 Å². The van der Waals surface area contributed by atoms with Crippen LogP contribution in [0, 0.1) is 17.7 Å². The first kappa shape index (κ1) is 25.2. The smallest absolute Gasteiger partial charge is 0.410 e. The fourth-order valence-corrected chi connectivity index (χ4v) is 6.77. The summed E-state index contributed by atoms with van der Waals surface area (Å²) in [7, 11) is -3.45. The van der Waals surface area contributed by atoms with E-state index in [2.05, 4.69) is 21.6 Å². The van der Waals surface area contributed by atoms with Crippen LogP contribution in [0.2, 0.25) is 0 Å². The first-order chi connectivity index (χ1) is 16.0. The van der Waals surface area contributed by atoms with Crippen LogP contribution in [0.3, 0.4) is 0 Å². The molecule has 11 heteroatoms. The van der Waals surface area contributed by atoms with Gasteiger partial charge >= 0.3 is 6.09 Å². The highest BCUT2D eigenvalue weighted by Crippen LogP contribution is 2.66. The number of amides is 1. The summed E-state index contributed by atoms with van der Waals surface area (Å²) in [5.74, 6) is 1.01. The third-order valence-electron chi connectivity index (χ3n) is 7.62. The molecule has 6 atom stereocenters. The van der Waals surface area contributed by atoms with Crippen LogP contribution < -0.4 is 4.72 Å². The maximum atomic E-state index is 13.3. The fourth-order valence-electron chi connectivity index (χ4n) is 5.95. The summed E-state index contributed by atoms with van der Waals surface area (Å²) in [6.07, 6.45) is 6.64. The summed E-state index contributed by atoms with van der Waals surface area (Å²) < 4.78 is 51.6. The molecule has 2 aliphatic carbocycles. The minimum Gasteiger partial charge on any atom is -0.447 e. The Labute approximate surface area is 200 Å². The van der Waals surface area contributed by atoms with Gasteiger partial charge in [0.2, 0.25) is 10.0 Å². The Balaban J connectivity index is 1.42. The van der Waals surface area contributed by atoms with E-state index in [0.29, 0.717) is 37.0 Å². The van der Waals surface area contributed by atoms with Gasteiger partial charge in [0, 0.05) is 18.0 Å². The number of nitrogens with one attached hydrogen (secondary N) is 1. The third-order valence-corrected chi connectivity index (χ3v) is 8.35. The number of aromatic nitrogens is 2. The molecule has 1 aromatic heterocycles. The SMILES string of the molecule is CC(C)OC(=O)N1CCC[C@H](NS(C)(=O)=O)[C@@H]1CO[C@H]1CC[C@@]2(c3ncc(F)cn3)C(C)C2C1.